The fourth-order valence-electron chi connectivity index (χ4n) is 4.43. The van der Waals surface area contributed by atoms with Gasteiger partial charge in [-0.1, -0.05) is 30.3 Å². The van der Waals surface area contributed by atoms with Crippen LogP contribution < -0.4 is 10.4 Å². The second-order valence-electron chi connectivity index (χ2n) is 8.47. The monoisotopic (exact) mass is 440 g/mol. The number of hydrogen-bond acceptors (Lipinski definition) is 7. The van der Waals surface area contributed by atoms with E-state index in [1.807, 2.05) is 57.2 Å². The molecule has 0 radical (unpaired) electrons. The Morgan fingerprint density at radius 3 is 2.41 bits per heavy atom. The molecule has 7 nitrogen and oxygen atoms in total. The van der Waals surface area contributed by atoms with Crippen molar-refractivity contribution in [3.63, 3.8) is 0 Å². The third-order valence-electron chi connectivity index (χ3n) is 6.00. The third-order valence-corrected chi connectivity index (χ3v) is 6.00. The Kier molecular flexibility index (Phi) is 6.09. The number of methoxy groups -OCH3 is 2. The summed E-state index contributed by atoms with van der Waals surface area (Å²) in [7, 11) is 3.00. The minimum absolute atomic E-state index is 0.407. The summed E-state index contributed by atoms with van der Waals surface area (Å²) >= 11 is 0. The molecule has 0 aliphatic carbocycles. The second kappa shape index (κ2) is 8.67. The van der Waals surface area contributed by atoms with Crippen molar-refractivity contribution in [2.75, 3.05) is 14.2 Å². The molecule has 1 unspecified atom stereocenters. The van der Waals surface area contributed by atoms with Gasteiger partial charge >= 0.3 is 5.63 Å². The highest BCUT2D eigenvalue weighted by Gasteiger charge is 2.51. The average molecular weight is 440 g/mol. The van der Waals surface area contributed by atoms with E-state index in [1.54, 1.807) is 12.1 Å². The lowest BCUT2D eigenvalue weighted by molar-refractivity contribution is -0.310. The minimum Gasteiger partial charge on any atom is -0.462 e. The van der Waals surface area contributed by atoms with E-state index in [-0.39, 0.29) is 0 Å². The Morgan fingerprint density at radius 2 is 1.75 bits per heavy atom. The Bertz CT molecular complexity index is 1150. The molecule has 0 saturated carbocycles. The maximum atomic E-state index is 12.8. The molecule has 1 N–H and O–H groups in total. The summed E-state index contributed by atoms with van der Waals surface area (Å²) in [6, 6.07) is 14.7. The van der Waals surface area contributed by atoms with Gasteiger partial charge in [-0.05, 0) is 44.0 Å². The van der Waals surface area contributed by atoms with Crippen molar-refractivity contribution < 1.29 is 28.5 Å². The molecule has 1 saturated heterocycles. The van der Waals surface area contributed by atoms with Gasteiger partial charge in [0, 0.05) is 25.7 Å². The molecule has 1 aromatic heterocycles. The minimum atomic E-state index is -0.951. The first-order valence-electron chi connectivity index (χ1n) is 10.5. The molecule has 32 heavy (non-hydrogen) atoms. The summed E-state index contributed by atoms with van der Waals surface area (Å²) < 4.78 is 28.6. The summed E-state index contributed by atoms with van der Waals surface area (Å²) in [6.45, 7) is 5.54. The van der Waals surface area contributed by atoms with Gasteiger partial charge in [-0.3, -0.25) is 0 Å². The van der Waals surface area contributed by atoms with E-state index in [1.165, 1.54) is 14.2 Å². The highest BCUT2D eigenvalue weighted by atomic mass is 16.7. The van der Waals surface area contributed by atoms with Crippen molar-refractivity contribution in [1.29, 1.82) is 0 Å². The van der Waals surface area contributed by atoms with Crippen LogP contribution in [0.25, 0.3) is 22.1 Å². The van der Waals surface area contributed by atoms with Crippen LogP contribution in [-0.2, 0) is 14.2 Å². The molecular formula is C25H28O7. The van der Waals surface area contributed by atoms with Crippen LogP contribution in [0.2, 0.25) is 0 Å². The van der Waals surface area contributed by atoms with Gasteiger partial charge in [0.25, 0.3) is 0 Å². The summed E-state index contributed by atoms with van der Waals surface area (Å²) in [4.78, 5) is 12.8. The lowest BCUT2D eigenvalue weighted by Crippen LogP contribution is -2.64. The first-order chi connectivity index (χ1) is 15.3. The van der Waals surface area contributed by atoms with E-state index in [0.717, 1.165) is 16.5 Å². The van der Waals surface area contributed by atoms with E-state index in [4.69, 9.17) is 23.4 Å². The Morgan fingerprint density at radius 1 is 1.03 bits per heavy atom. The Hall–Kier alpha value is -2.71. The number of fused-ring (bicyclic) bond motifs is 1. The number of benzene rings is 2. The normalized spacial score (nSPS) is 25.1. The number of aliphatic hydroxyl groups is 1. The molecule has 1 fully saturated rings. The van der Waals surface area contributed by atoms with E-state index in [2.05, 4.69) is 0 Å². The summed E-state index contributed by atoms with van der Waals surface area (Å²) in [5.74, 6) is 0.429. The van der Waals surface area contributed by atoms with Gasteiger partial charge in [-0.15, -0.1) is 0 Å². The predicted molar refractivity (Wildman–Crippen MR) is 120 cm³/mol. The van der Waals surface area contributed by atoms with Crippen LogP contribution in [0.4, 0.5) is 0 Å². The maximum Gasteiger partial charge on any atom is 0.344 e. The van der Waals surface area contributed by atoms with Crippen molar-refractivity contribution in [3.8, 4) is 16.9 Å². The lowest BCUT2D eigenvalue weighted by atomic mass is 9.89. The molecule has 2 heterocycles. The number of hydrogen-bond donors (Lipinski definition) is 1. The third kappa shape index (κ3) is 3.93. The number of ether oxygens (including phenoxy) is 4. The van der Waals surface area contributed by atoms with Crippen molar-refractivity contribution in [3.05, 3.63) is 64.5 Å². The van der Waals surface area contributed by atoms with Gasteiger partial charge in [0.2, 0.25) is 6.29 Å². The number of aryl methyl sites for hydroxylation is 1. The van der Waals surface area contributed by atoms with E-state index >= 15 is 0 Å². The van der Waals surface area contributed by atoms with Gasteiger partial charge in [0.05, 0.1) is 11.2 Å². The molecule has 1 aliphatic heterocycles. The van der Waals surface area contributed by atoms with Crippen LogP contribution in [0.5, 0.6) is 5.75 Å². The highest BCUT2D eigenvalue weighted by Crippen LogP contribution is 2.35. The smallest absolute Gasteiger partial charge is 0.344 e. The van der Waals surface area contributed by atoms with Gasteiger partial charge in [-0.2, -0.15) is 0 Å². The lowest BCUT2D eigenvalue weighted by Gasteiger charge is -2.47. The van der Waals surface area contributed by atoms with Gasteiger partial charge in [-0.25, -0.2) is 4.79 Å². The largest absolute Gasteiger partial charge is 0.462 e. The molecule has 0 amide bonds. The summed E-state index contributed by atoms with van der Waals surface area (Å²) in [6.07, 6.45) is -3.18. The Balaban J connectivity index is 1.68. The molecule has 0 bridgehead atoms. The van der Waals surface area contributed by atoms with Gasteiger partial charge < -0.3 is 28.5 Å². The molecule has 4 rings (SSSR count). The van der Waals surface area contributed by atoms with Gasteiger partial charge in [0.15, 0.2) is 0 Å². The van der Waals surface area contributed by atoms with Crippen molar-refractivity contribution in [2.45, 2.75) is 51.0 Å². The zero-order valence-electron chi connectivity index (χ0n) is 18.8. The number of aliphatic hydroxyl groups excluding tert-OH is 1. The second-order valence-corrected chi connectivity index (χ2v) is 8.47. The topological polar surface area (TPSA) is 87.4 Å². The van der Waals surface area contributed by atoms with Crippen LogP contribution in [0.1, 0.15) is 19.4 Å². The average Bonchev–Trinajstić information content (AvgIpc) is 2.74. The first kappa shape index (κ1) is 22.5. The maximum absolute atomic E-state index is 12.8. The van der Waals surface area contributed by atoms with Crippen molar-refractivity contribution >= 4 is 11.0 Å². The van der Waals surface area contributed by atoms with Crippen molar-refractivity contribution in [2.24, 2.45) is 0 Å². The summed E-state index contributed by atoms with van der Waals surface area (Å²) in [5.41, 5.74) is 1.36. The van der Waals surface area contributed by atoms with E-state index < -0.39 is 35.8 Å². The summed E-state index contributed by atoms with van der Waals surface area (Å²) in [5, 5.41) is 11.5. The van der Waals surface area contributed by atoms with Crippen LogP contribution >= 0.6 is 0 Å². The molecule has 0 spiro atoms. The quantitative estimate of drug-likeness (QED) is 0.606. The van der Waals surface area contributed by atoms with E-state index in [9.17, 15) is 9.90 Å². The fraction of sp³-hybridized carbons (Fsp3) is 0.400. The molecule has 1 aliphatic rings. The Labute approximate surface area is 186 Å². The first-order valence-corrected chi connectivity index (χ1v) is 10.5. The van der Waals surface area contributed by atoms with Crippen LogP contribution in [0, 0.1) is 6.92 Å². The standard InChI is InChI=1S/C25H28O7/c1-14-17-12-11-16(13-18(17)31-23(27)19(14)15-9-7-6-8-10-15)30-24-21(28-4)20(26)22(29-5)25(2,3)32-24/h6-13,20-22,24,26H,1-5H3/t20?,21-,22+,24+/m0/s1. The molecule has 7 heteroatoms. The van der Waals surface area contributed by atoms with Crippen LogP contribution in [-0.4, -0.2) is 49.5 Å². The highest BCUT2D eigenvalue weighted by molar-refractivity contribution is 5.87. The molecule has 170 valence electrons. The molecule has 4 atom stereocenters. The molecule has 3 aromatic rings. The fourth-order valence-corrected chi connectivity index (χ4v) is 4.43. The molecular weight excluding hydrogens is 412 g/mol. The molecule has 2 aromatic carbocycles. The predicted octanol–water partition coefficient (Wildman–Crippen LogP) is 3.67. The number of rotatable bonds is 5. The zero-order chi connectivity index (χ0) is 23.0. The van der Waals surface area contributed by atoms with Crippen molar-refractivity contribution in [1.82, 2.24) is 0 Å². The SMILES string of the molecule is CO[C@@H]1C(O)[C@H](OC)[C@H](Oc2ccc3c(C)c(-c4ccccc4)c(=O)oc3c2)OC1(C)C. The van der Waals surface area contributed by atoms with Gasteiger partial charge in [0.1, 0.15) is 29.6 Å². The van der Waals surface area contributed by atoms with Crippen LogP contribution in [0.3, 0.4) is 0 Å². The zero-order valence-corrected chi connectivity index (χ0v) is 18.8. The van der Waals surface area contributed by atoms with E-state index in [0.29, 0.717) is 16.9 Å². The van der Waals surface area contributed by atoms with Crippen LogP contribution in [0.15, 0.2) is 57.7 Å².